The fourth-order valence-electron chi connectivity index (χ4n) is 2.52. The van der Waals surface area contributed by atoms with Crippen molar-refractivity contribution in [3.8, 4) is 0 Å². The molecule has 86 valence electrons. The van der Waals surface area contributed by atoms with Gasteiger partial charge in [-0.3, -0.25) is 4.79 Å². The normalized spacial score (nSPS) is 26.5. The van der Waals surface area contributed by atoms with Crippen LogP contribution in [0.5, 0.6) is 0 Å². The van der Waals surface area contributed by atoms with Gasteiger partial charge in [-0.25, -0.2) is 0 Å². The van der Waals surface area contributed by atoms with Crippen LogP contribution in [0.1, 0.15) is 30.9 Å². The van der Waals surface area contributed by atoms with Gasteiger partial charge in [0.05, 0.1) is 5.92 Å². The number of rotatable bonds is 2. The lowest BCUT2D eigenvalue weighted by Gasteiger charge is -2.05. The molecule has 0 bridgehead atoms. The number of carbonyl (C=O) groups is 1. The minimum Gasteiger partial charge on any atom is -0.481 e. The number of hydrogen-bond acceptors (Lipinski definition) is 1. The van der Waals surface area contributed by atoms with Gasteiger partial charge < -0.3 is 5.11 Å². The number of carboxylic acid groups (broad SMARTS) is 1. The average molecular weight is 283 g/mol. The molecular formula is C13H15BrO2. The first kappa shape index (κ1) is 11.6. The molecule has 1 saturated carbocycles. The number of hydrogen-bond donors (Lipinski definition) is 1. The molecule has 0 heterocycles. The first-order chi connectivity index (χ1) is 7.35. The van der Waals surface area contributed by atoms with Gasteiger partial charge in [-0.15, -0.1) is 0 Å². The summed E-state index contributed by atoms with van der Waals surface area (Å²) in [5, 5.41) is 9.13. The Labute approximate surface area is 104 Å². The molecule has 1 aliphatic carbocycles. The number of benzene rings is 1. The predicted molar refractivity (Wildman–Crippen MR) is 66.5 cm³/mol. The summed E-state index contributed by atoms with van der Waals surface area (Å²) in [4.78, 5) is 11.1. The summed E-state index contributed by atoms with van der Waals surface area (Å²) in [6, 6.07) is 6.12. The Morgan fingerprint density at radius 2 is 2.06 bits per heavy atom. The monoisotopic (exact) mass is 282 g/mol. The zero-order chi connectivity index (χ0) is 12.1. The zero-order valence-electron chi connectivity index (χ0n) is 9.62. The molecule has 1 aromatic rings. The molecule has 0 radical (unpaired) electrons. The quantitative estimate of drug-likeness (QED) is 0.900. The van der Waals surface area contributed by atoms with Crippen molar-refractivity contribution in [1.29, 1.82) is 0 Å². The second-order valence-electron chi connectivity index (χ2n) is 5.12. The van der Waals surface area contributed by atoms with Crippen LogP contribution in [0, 0.1) is 18.3 Å². The van der Waals surface area contributed by atoms with E-state index in [1.807, 2.05) is 39.0 Å². The maximum atomic E-state index is 11.1. The third-order valence-electron chi connectivity index (χ3n) is 3.65. The minimum absolute atomic E-state index is 0.124. The molecule has 0 saturated heterocycles. The Morgan fingerprint density at radius 1 is 1.44 bits per heavy atom. The molecule has 1 aromatic carbocycles. The Kier molecular flexibility index (Phi) is 2.61. The van der Waals surface area contributed by atoms with E-state index >= 15 is 0 Å². The van der Waals surface area contributed by atoms with E-state index in [9.17, 15) is 4.79 Å². The van der Waals surface area contributed by atoms with Gasteiger partial charge in [-0.05, 0) is 29.5 Å². The maximum Gasteiger partial charge on any atom is 0.307 e. The number of halogens is 1. The van der Waals surface area contributed by atoms with Gasteiger partial charge in [0.2, 0.25) is 0 Å². The van der Waals surface area contributed by atoms with Crippen LogP contribution in [-0.4, -0.2) is 11.1 Å². The van der Waals surface area contributed by atoms with Crippen molar-refractivity contribution in [2.24, 2.45) is 11.3 Å². The fourth-order valence-corrected chi connectivity index (χ4v) is 2.92. The highest BCUT2D eigenvalue weighted by atomic mass is 79.9. The molecule has 0 unspecified atom stereocenters. The van der Waals surface area contributed by atoms with Gasteiger partial charge in [0.15, 0.2) is 0 Å². The van der Waals surface area contributed by atoms with Crippen LogP contribution in [0.4, 0.5) is 0 Å². The van der Waals surface area contributed by atoms with Crippen LogP contribution in [0.3, 0.4) is 0 Å². The summed E-state index contributed by atoms with van der Waals surface area (Å²) < 4.78 is 1.05. The summed E-state index contributed by atoms with van der Waals surface area (Å²) in [6.45, 7) is 6.06. The molecule has 0 aliphatic heterocycles. The fraction of sp³-hybridized carbons (Fsp3) is 0.462. The maximum absolute atomic E-state index is 11.1. The summed E-state index contributed by atoms with van der Waals surface area (Å²) in [5.41, 5.74) is 2.17. The largest absolute Gasteiger partial charge is 0.481 e. The highest BCUT2D eigenvalue weighted by Crippen LogP contribution is 2.64. The van der Waals surface area contributed by atoms with E-state index in [-0.39, 0.29) is 17.3 Å². The van der Waals surface area contributed by atoms with E-state index in [4.69, 9.17) is 5.11 Å². The SMILES string of the molecule is Cc1ccc([C@H]2[C@H](C(=O)O)C2(C)C)cc1Br. The lowest BCUT2D eigenvalue weighted by molar-refractivity contribution is -0.139. The summed E-state index contributed by atoms with van der Waals surface area (Å²) >= 11 is 3.49. The highest BCUT2D eigenvalue weighted by molar-refractivity contribution is 9.10. The van der Waals surface area contributed by atoms with Crippen molar-refractivity contribution in [3.63, 3.8) is 0 Å². The topological polar surface area (TPSA) is 37.3 Å². The van der Waals surface area contributed by atoms with Gasteiger partial charge >= 0.3 is 5.97 Å². The average Bonchev–Trinajstić information content (AvgIpc) is 2.74. The summed E-state index contributed by atoms with van der Waals surface area (Å²) in [7, 11) is 0. The first-order valence-electron chi connectivity index (χ1n) is 5.34. The molecule has 1 N–H and O–H groups in total. The summed E-state index contributed by atoms with van der Waals surface area (Å²) in [6.07, 6.45) is 0. The molecule has 0 spiro atoms. The second kappa shape index (κ2) is 3.59. The van der Waals surface area contributed by atoms with Crippen molar-refractivity contribution in [2.75, 3.05) is 0 Å². The molecule has 0 aromatic heterocycles. The van der Waals surface area contributed by atoms with Crippen LogP contribution < -0.4 is 0 Å². The molecule has 2 nitrogen and oxygen atoms in total. The van der Waals surface area contributed by atoms with Crippen molar-refractivity contribution in [1.82, 2.24) is 0 Å². The van der Waals surface area contributed by atoms with E-state index in [2.05, 4.69) is 15.9 Å². The Balaban J connectivity index is 2.33. The van der Waals surface area contributed by atoms with Crippen LogP contribution in [0.2, 0.25) is 0 Å². The number of aryl methyl sites for hydroxylation is 1. The van der Waals surface area contributed by atoms with Gasteiger partial charge in [0, 0.05) is 10.4 Å². The highest BCUT2D eigenvalue weighted by Gasteiger charge is 2.62. The Hall–Kier alpha value is -0.830. The Bertz CT molecular complexity index is 451. The third kappa shape index (κ3) is 1.67. The zero-order valence-corrected chi connectivity index (χ0v) is 11.2. The van der Waals surface area contributed by atoms with E-state index in [1.54, 1.807) is 0 Å². The molecule has 16 heavy (non-hydrogen) atoms. The van der Waals surface area contributed by atoms with Crippen molar-refractivity contribution < 1.29 is 9.90 Å². The standard InChI is InChI=1S/C13H15BrO2/c1-7-4-5-8(6-9(7)14)10-11(12(15)16)13(10,2)3/h4-6,10-11H,1-3H3,(H,15,16)/t10-,11+/m0/s1. The third-order valence-corrected chi connectivity index (χ3v) is 4.50. The molecular weight excluding hydrogens is 268 g/mol. The van der Waals surface area contributed by atoms with E-state index in [0.29, 0.717) is 0 Å². The van der Waals surface area contributed by atoms with Crippen LogP contribution in [0.15, 0.2) is 22.7 Å². The van der Waals surface area contributed by atoms with Gasteiger partial charge in [-0.2, -0.15) is 0 Å². The molecule has 2 atom stereocenters. The van der Waals surface area contributed by atoms with E-state index in [1.165, 1.54) is 5.56 Å². The molecule has 0 amide bonds. The molecule has 2 rings (SSSR count). The minimum atomic E-state index is -0.688. The van der Waals surface area contributed by atoms with Gasteiger partial charge in [0.1, 0.15) is 0 Å². The van der Waals surface area contributed by atoms with Gasteiger partial charge in [0.25, 0.3) is 0 Å². The predicted octanol–water partition coefficient (Wildman–Crippen LogP) is 3.58. The summed E-state index contributed by atoms with van der Waals surface area (Å²) in [5.74, 6) is -0.796. The lowest BCUT2D eigenvalue weighted by Crippen LogP contribution is -2.03. The second-order valence-corrected chi connectivity index (χ2v) is 5.98. The van der Waals surface area contributed by atoms with Crippen molar-refractivity contribution in [2.45, 2.75) is 26.7 Å². The lowest BCUT2D eigenvalue weighted by atomic mass is 10.0. The van der Waals surface area contributed by atoms with E-state index < -0.39 is 5.97 Å². The van der Waals surface area contributed by atoms with E-state index in [0.717, 1.165) is 10.0 Å². The van der Waals surface area contributed by atoms with Crippen LogP contribution >= 0.6 is 15.9 Å². The Morgan fingerprint density at radius 3 is 2.50 bits per heavy atom. The molecule has 1 aliphatic rings. The molecule has 1 fully saturated rings. The molecule has 3 heteroatoms. The van der Waals surface area contributed by atoms with Crippen LogP contribution in [0.25, 0.3) is 0 Å². The number of carboxylic acids is 1. The number of aliphatic carboxylic acids is 1. The smallest absolute Gasteiger partial charge is 0.307 e. The van der Waals surface area contributed by atoms with Crippen molar-refractivity contribution >= 4 is 21.9 Å². The van der Waals surface area contributed by atoms with Crippen molar-refractivity contribution in [3.05, 3.63) is 33.8 Å². The first-order valence-corrected chi connectivity index (χ1v) is 6.14. The van der Waals surface area contributed by atoms with Crippen LogP contribution in [-0.2, 0) is 4.79 Å². The van der Waals surface area contributed by atoms with Gasteiger partial charge in [-0.1, -0.05) is 41.9 Å².